The number of pyridine rings is 1. The summed E-state index contributed by atoms with van der Waals surface area (Å²) in [4.78, 5) is 34.4. The largest absolute Gasteiger partial charge is 0.381 e. The zero-order valence-corrected chi connectivity index (χ0v) is 22.5. The number of likely N-dealkylation sites (tertiary alicyclic amines) is 1. The van der Waals surface area contributed by atoms with Crippen LogP contribution >= 0.6 is 0 Å². The number of aromatic amines is 1. The first-order valence-corrected chi connectivity index (χ1v) is 14.3. The van der Waals surface area contributed by atoms with E-state index < -0.39 is 0 Å². The molecule has 4 aromatic rings. The topological polar surface area (TPSA) is 83.5 Å². The van der Waals surface area contributed by atoms with Crippen LogP contribution in [0.15, 0.2) is 47.4 Å². The number of aryl methyl sites for hydroxylation is 2. The Labute approximate surface area is 227 Å². The van der Waals surface area contributed by atoms with Gasteiger partial charge in [0.1, 0.15) is 0 Å². The Morgan fingerprint density at radius 2 is 1.79 bits per heavy atom. The summed E-state index contributed by atoms with van der Waals surface area (Å²) in [5.74, 6) is 0.0726. The second kappa shape index (κ2) is 9.83. The minimum atomic E-state index is -0.143. The van der Waals surface area contributed by atoms with Crippen LogP contribution in [-0.4, -0.2) is 64.5 Å². The summed E-state index contributed by atoms with van der Waals surface area (Å²) in [6.07, 6.45) is 7.67. The number of fused-ring (bicyclic) bond motifs is 4. The Bertz CT molecular complexity index is 1610. The average Bonchev–Trinajstić information content (AvgIpc) is 3.43. The Kier molecular flexibility index (Phi) is 6.15. The molecule has 202 valence electrons. The van der Waals surface area contributed by atoms with Crippen molar-refractivity contribution < 1.29 is 9.53 Å². The molecule has 0 unspecified atom stereocenters. The zero-order valence-electron chi connectivity index (χ0n) is 22.5. The molecule has 8 nitrogen and oxygen atoms in total. The summed E-state index contributed by atoms with van der Waals surface area (Å²) in [6.45, 7) is 5.93. The number of ether oxygens (including phenoxy) is 1. The zero-order chi connectivity index (χ0) is 26.5. The van der Waals surface area contributed by atoms with Gasteiger partial charge in [0.15, 0.2) is 0 Å². The molecule has 3 aliphatic heterocycles. The van der Waals surface area contributed by atoms with E-state index in [1.807, 2.05) is 28.6 Å². The number of carbonyl (C=O) groups excluding carboxylic acids is 1. The molecule has 7 rings (SSSR count). The van der Waals surface area contributed by atoms with Crippen molar-refractivity contribution in [3.63, 3.8) is 0 Å². The van der Waals surface area contributed by atoms with Crippen LogP contribution in [0.3, 0.4) is 0 Å². The Morgan fingerprint density at radius 3 is 2.62 bits per heavy atom. The second-order valence-corrected chi connectivity index (χ2v) is 11.3. The number of carbonyl (C=O) groups is 1. The van der Waals surface area contributed by atoms with Gasteiger partial charge in [0, 0.05) is 55.5 Å². The number of benzene rings is 2. The fourth-order valence-electron chi connectivity index (χ4n) is 6.92. The summed E-state index contributed by atoms with van der Waals surface area (Å²) in [7, 11) is 0. The lowest BCUT2D eigenvalue weighted by Crippen LogP contribution is -2.48. The van der Waals surface area contributed by atoms with E-state index in [0.717, 1.165) is 73.7 Å². The molecule has 0 spiro atoms. The number of nitrogens with zero attached hydrogens (tertiary/aromatic N) is 4. The van der Waals surface area contributed by atoms with Gasteiger partial charge in [0.05, 0.1) is 28.7 Å². The van der Waals surface area contributed by atoms with Gasteiger partial charge in [-0.1, -0.05) is 18.2 Å². The fraction of sp³-hybridized carbons (Fsp3) is 0.452. The number of anilines is 1. The molecule has 0 atom stereocenters. The highest BCUT2D eigenvalue weighted by molar-refractivity contribution is 6.07. The molecule has 1 amide bonds. The number of rotatable bonds is 3. The van der Waals surface area contributed by atoms with Crippen molar-refractivity contribution in [2.45, 2.75) is 57.5 Å². The number of para-hydroxylation sites is 1. The number of hydrogen-bond acceptors (Lipinski definition) is 5. The molecule has 8 heteroatoms. The van der Waals surface area contributed by atoms with E-state index in [9.17, 15) is 9.59 Å². The van der Waals surface area contributed by atoms with Crippen molar-refractivity contribution in [3.05, 3.63) is 69.6 Å². The molecule has 0 radical (unpaired) electrons. The van der Waals surface area contributed by atoms with Crippen LogP contribution in [0.25, 0.3) is 21.8 Å². The van der Waals surface area contributed by atoms with E-state index in [-0.39, 0.29) is 17.5 Å². The fourth-order valence-corrected chi connectivity index (χ4v) is 6.92. The Balaban J connectivity index is 1.18. The molecule has 39 heavy (non-hydrogen) atoms. The van der Waals surface area contributed by atoms with Crippen LogP contribution in [-0.2, 0) is 11.2 Å². The highest BCUT2D eigenvalue weighted by Gasteiger charge is 2.30. The second-order valence-electron chi connectivity index (χ2n) is 11.3. The van der Waals surface area contributed by atoms with Crippen LogP contribution in [0.2, 0.25) is 0 Å². The summed E-state index contributed by atoms with van der Waals surface area (Å²) in [6, 6.07) is 13.3. The van der Waals surface area contributed by atoms with Crippen LogP contribution in [0.4, 0.5) is 5.69 Å². The molecule has 1 N–H and O–H groups in total. The van der Waals surface area contributed by atoms with E-state index >= 15 is 0 Å². The Hall–Kier alpha value is -3.65. The average molecular weight is 526 g/mol. The van der Waals surface area contributed by atoms with Crippen molar-refractivity contribution in [2.75, 3.05) is 37.7 Å². The number of piperidine rings is 1. The minimum absolute atomic E-state index is 0.0726. The normalized spacial score (nSPS) is 19.1. The highest BCUT2D eigenvalue weighted by Crippen LogP contribution is 2.33. The van der Waals surface area contributed by atoms with Gasteiger partial charge in [-0.15, -0.1) is 0 Å². The maximum Gasteiger partial charge on any atom is 0.259 e. The third kappa shape index (κ3) is 4.22. The van der Waals surface area contributed by atoms with Crippen molar-refractivity contribution in [3.8, 4) is 0 Å². The van der Waals surface area contributed by atoms with E-state index in [4.69, 9.17) is 4.74 Å². The number of H-pyrrole nitrogens is 1. The van der Waals surface area contributed by atoms with Crippen LogP contribution in [0.1, 0.15) is 59.6 Å². The number of aromatic nitrogens is 3. The van der Waals surface area contributed by atoms with Crippen molar-refractivity contribution >= 4 is 33.4 Å². The standard InChI is InChI=1S/C31H35N5O3/c1-20-17-27-25(29-26(30(37)33-27)19-32-36(29)23-10-15-39-16-11-23)18-24(20)31(38)34-13-8-22(9-14-34)35-12-4-6-21-5-2-3-7-28(21)35/h2-3,5,7,17-19,22-23H,4,6,8-16H2,1H3,(H,33,37). The molecule has 2 fully saturated rings. The molecule has 2 saturated heterocycles. The van der Waals surface area contributed by atoms with Gasteiger partial charge in [-0.3, -0.25) is 14.3 Å². The molecular weight excluding hydrogens is 490 g/mol. The highest BCUT2D eigenvalue weighted by atomic mass is 16.5. The molecule has 5 heterocycles. The van der Waals surface area contributed by atoms with Gasteiger partial charge in [0.25, 0.3) is 11.5 Å². The number of nitrogens with one attached hydrogen (secondary N) is 1. The SMILES string of the molecule is Cc1cc2[nH]c(=O)c3cnn(C4CCOCC4)c3c2cc1C(=O)N1CCC(N2CCCc3ccccc32)CC1. The first-order valence-electron chi connectivity index (χ1n) is 14.3. The predicted octanol–water partition coefficient (Wildman–Crippen LogP) is 4.60. The summed E-state index contributed by atoms with van der Waals surface area (Å²) in [5, 5.41) is 6.07. The van der Waals surface area contributed by atoms with Gasteiger partial charge in [-0.05, 0) is 74.8 Å². The van der Waals surface area contributed by atoms with Crippen molar-refractivity contribution in [2.24, 2.45) is 0 Å². The maximum atomic E-state index is 13.9. The lowest BCUT2D eigenvalue weighted by Gasteiger charge is -2.42. The van der Waals surface area contributed by atoms with E-state index in [1.54, 1.807) is 6.20 Å². The summed E-state index contributed by atoms with van der Waals surface area (Å²) in [5.41, 5.74) is 5.83. The quantitative estimate of drug-likeness (QED) is 0.423. The van der Waals surface area contributed by atoms with Crippen LogP contribution in [0, 0.1) is 6.92 Å². The molecule has 3 aliphatic rings. The van der Waals surface area contributed by atoms with E-state index in [1.165, 1.54) is 17.7 Å². The molecule has 0 saturated carbocycles. The van der Waals surface area contributed by atoms with E-state index in [0.29, 0.717) is 30.2 Å². The van der Waals surface area contributed by atoms with Crippen molar-refractivity contribution in [1.29, 1.82) is 0 Å². The van der Waals surface area contributed by atoms with Crippen LogP contribution < -0.4 is 10.5 Å². The molecule has 0 aliphatic carbocycles. The Morgan fingerprint density at radius 1 is 1.00 bits per heavy atom. The molecular formula is C31H35N5O3. The number of hydrogen-bond donors (Lipinski definition) is 1. The lowest BCUT2D eigenvalue weighted by molar-refractivity contribution is 0.0675. The predicted molar refractivity (Wildman–Crippen MR) is 153 cm³/mol. The first kappa shape index (κ1) is 24.4. The van der Waals surface area contributed by atoms with Crippen molar-refractivity contribution in [1.82, 2.24) is 19.7 Å². The van der Waals surface area contributed by atoms with Gasteiger partial charge >= 0.3 is 0 Å². The maximum absolute atomic E-state index is 13.9. The van der Waals surface area contributed by atoms with Crippen LogP contribution in [0.5, 0.6) is 0 Å². The smallest absolute Gasteiger partial charge is 0.259 e. The lowest BCUT2D eigenvalue weighted by atomic mass is 9.95. The van der Waals surface area contributed by atoms with Gasteiger partial charge in [-0.2, -0.15) is 5.10 Å². The molecule has 0 bridgehead atoms. The first-order chi connectivity index (χ1) is 19.1. The van der Waals surface area contributed by atoms with Gasteiger partial charge in [0.2, 0.25) is 0 Å². The summed E-state index contributed by atoms with van der Waals surface area (Å²) < 4.78 is 7.54. The molecule has 2 aromatic carbocycles. The third-order valence-electron chi connectivity index (χ3n) is 9.01. The van der Waals surface area contributed by atoms with E-state index in [2.05, 4.69) is 39.2 Å². The molecule has 2 aromatic heterocycles. The van der Waals surface area contributed by atoms with Gasteiger partial charge < -0.3 is 19.5 Å². The summed E-state index contributed by atoms with van der Waals surface area (Å²) >= 11 is 0. The third-order valence-corrected chi connectivity index (χ3v) is 9.01. The number of amides is 1. The van der Waals surface area contributed by atoms with Gasteiger partial charge in [-0.25, -0.2) is 0 Å². The minimum Gasteiger partial charge on any atom is -0.381 e. The monoisotopic (exact) mass is 525 g/mol.